The van der Waals surface area contributed by atoms with Crippen molar-refractivity contribution in [1.82, 2.24) is 15.3 Å². The van der Waals surface area contributed by atoms with Gasteiger partial charge in [-0.1, -0.05) is 6.92 Å². The topological polar surface area (TPSA) is 92.2 Å². The van der Waals surface area contributed by atoms with Gasteiger partial charge in [0.15, 0.2) is 0 Å². The molecule has 2 unspecified atom stereocenters. The Morgan fingerprint density at radius 1 is 1.53 bits per heavy atom. The summed E-state index contributed by atoms with van der Waals surface area (Å²) in [5.74, 6) is -1.33. The molecule has 0 spiro atoms. The molecule has 2 rings (SSSR count). The van der Waals surface area contributed by atoms with Crippen molar-refractivity contribution in [2.75, 3.05) is 0 Å². The average Bonchev–Trinajstić information content (AvgIpc) is 2.55. The number of aryl methyl sites for hydroxylation is 1. The van der Waals surface area contributed by atoms with Crippen LogP contribution in [0.15, 0.2) is 12.4 Å². The maximum atomic E-state index is 11.4. The molecule has 0 radical (unpaired) electrons. The van der Waals surface area contributed by atoms with Crippen molar-refractivity contribution in [1.29, 1.82) is 0 Å². The van der Waals surface area contributed by atoms with Gasteiger partial charge in [-0.25, -0.2) is 4.79 Å². The first-order valence-electron chi connectivity index (χ1n) is 5.25. The van der Waals surface area contributed by atoms with Crippen LogP contribution in [0, 0.1) is 6.92 Å². The lowest BCUT2D eigenvalue weighted by Gasteiger charge is -2.27. The summed E-state index contributed by atoms with van der Waals surface area (Å²) in [6.07, 6.45) is 3.17. The van der Waals surface area contributed by atoms with E-state index in [0.29, 0.717) is 11.4 Å². The molecule has 1 aromatic rings. The van der Waals surface area contributed by atoms with Gasteiger partial charge in [0.05, 0.1) is 16.8 Å². The van der Waals surface area contributed by atoms with Crippen molar-refractivity contribution in [2.45, 2.75) is 31.7 Å². The molecule has 0 aliphatic carbocycles. The first-order valence-corrected chi connectivity index (χ1v) is 5.25. The third-order valence-electron chi connectivity index (χ3n) is 3.14. The monoisotopic (exact) mass is 235 g/mol. The van der Waals surface area contributed by atoms with Crippen molar-refractivity contribution in [3.05, 3.63) is 23.8 Å². The molecule has 2 heterocycles. The lowest BCUT2D eigenvalue weighted by Crippen LogP contribution is -2.45. The number of carboxylic acid groups (broad SMARTS) is 1. The number of carbonyl (C=O) groups is 2. The normalized spacial score (nSPS) is 27.9. The molecule has 6 nitrogen and oxygen atoms in total. The Kier molecular flexibility index (Phi) is 2.57. The Balaban J connectivity index is 2.51. The Morgan fingerprint density at radius 2 is 2.18 bits per heavy atom. The molecule has 1 fully saturated rings. The molecule has 2 atom stereocenters. The van der Waals surface area contributed by atoms with E-state index >= 15 is 0 Å². The molecule has 90 valence electrons. The molecular formula is C11H13N3O3. The molecule has 0 aromatic carbocycles. The summed E-state index contributed by atoms with van der Waals surface area (Å²) >= 11 is 0. The highest BCUT2D eigenvalue weighted by molar-refractivity contribution is 5.90. The van der Waals surface area contributed by atoms with Gasteiger partial charge in [0.25, 0.3) is 0 Å². The minimum Gasteiger partial charge on any atom is -0.480 e. The molecule has 6 heteroatoms. The van der Waals surface area contributed by atoms with Gasteiger partial charge >= 0.3 is 5.97 Å². The third-order valence-corrected chi connectivity index (χ3v) is 3.14. The van der Waals surface area contributed by atoms with Crippen molar-refractivity contribution in [3.8, 4) is 0 Å². The van der Waals surface area contributed by atoms with Gasteiger partial charge in [0, 0.05) is 18.8 Å². The fraction of sp³-hybridized carbons (Fsp3) is 0.455. The number of rotatable bonds is 2. The second kappa shape index (κ2) is 3.80. The summed E-state index contributed by atoms with van der Waals surface area (Å²) in [6, 6.07) is -0.953. The van der Waals surface area contributed by atoms with Gasteiger partial charge in [-0.3, -0.25) is 14.8 Å². The molecule has 1 aromatic heterocycles. The van der Waals surface area contributed by atoms with Crippen LogP contribution in [-0.2, 0) is 15.0 Å². The Morgan fingerprint density at radius 3 is 2.76 bits per heavy atom. The highest BCUT2D eigenvalue weighted by atomic mass is 16.4. The highest BCUT2D eigenvalue weighted by Crippen LogP contribution is 2.35. The van der Waals surface area contributed by atoms with Crippen LogP contribution in [0.3, 0.4) is 0 Å². The van der Waals surface area contributed by atoms with E-state index in [1.165, 1.54) is 6.20 Å². The van der Waals surface area contributed by atoms with E-state index in [4.69, 9.17) is 5.11 Å². The van der Waals surface area contributed by atoms with Gasteiger partial charge in [-0.15, -0.1) is 0 Å². The van der Waals surface area contributed by atoms with E-state index in [0.717, 1.165) is 0 Å². The first kappa shape index (κ1) is 11.5. The number of carboxylic acids is 1. The number of hydrogen-bond acceptors (Lipinski definition) is 4. The molecule has 17 heavy (non-hydrogen) atoms. The smallest absolute Gasteiger partial charge is 0.327 e. The van der Waals surface area contributed by atoms with Gasteiger partial charge in [0.2, 0.25) is 5.91 Å². The van der Waals surface area contributed by atoms with Gasteiger partial charge in [-0.05, 0) is 6.92 Å². The predicted octanol–water partition coefficient (Wildman–Crippen LogP) is 0.0158. The number of nitrogens with one attached hydrogen (secondary N) is 1. The Labute approximate surface area is 98.1 Å². The summed E-state index contributed by atoms with van der Waals surface area (Å²) < 4.78 is 0. The number of aliphatic carboxylic acids is 1. The van der Waals surface area contributed by atoms with Crippen LogP contribution in [-0.4, -0.2) is 33.0 Å². The van der Waals surface area contributed by atoms with Crippen molar-refractivity contribution in [2.24, 2.45) is 0 Å². The second-order valence-corrected chi connectivity index (χ2v) is 4.42. The van der Waals surface area contributed by atoms with E-state index in [1.807, 2.05) is 0 Å². The Hall–Kier alpha value is -1.98. The molecule has 1 aliphatic heterocycles. The maximum Gasteiger partial charge on any atom is 0.327 e. The van der Waals surface area contributed by atoms with Crippen molar-refractivity contribution < 1.29 is 14.7 Å². The fourth-order valence-electron chi connectivity index (χ4n) is 2.33. The van der Waals surface area contributed by atoms with Crippen molar-refractivity contribution in [3.63, 3.8) is 0 Å². The molecule has 1 amide bonds. The number of nitrogens with zero attached hydrogens (tertiary/aromatic N) is 2. The van der Waals surface area contributed by atoms with Crippen molar-refractivity contribution >= 4 is 11.9 Å². The Bertz CT molecular complexity index is 489. The largest absolute Gasteiger partial charge is 0.480 e. The SMILES string of the molecule is Cc1nccnc1C1(C)CC(=O)NC1C(=O)O. The summed E-state index contributed by atoms with van der Waals surface area (Å²) in [5, 5.41) is 11.6. The molecular weight excluding hydrogens is 222 g/mol. The van der Waals surface area contributed by atoms with Crippen LogP contribution in [0.4, 0.5) is 0 Å². The van der Waals surface area contributed by atoms with Crippen LogP contribution in [0.25, 0.3) is 0 Å². The predicted molar refractivity (Wildman–Crippen MR) is 58.3 cm³/mol. The summed E-state index contributed by atoms with van der Waals surface area (Å²) in [6.45, 7) is 3.48. The second-order valence-electron chi connectivity index (χ2n) is 4.42. The van der Waals surface area contributed by atoms with Crippen LogP contribution in [0.2, 0.25) is 0 Å². The minimum atomic E-state index is -1.05. The standard InChI is InChI=1S/C11H13N3O3/c1-6-8(13-4-3-12-6)11(2)5-7(15)14-9(11)10(16)17/h3-4,9H,5H2,1-2H3,(H,14,15)(H,16,17). The summed E-state index contributed by atoms with van der Waals surface area (Å²) in [7, 11) is 0. The van der Waals surface area contributed by atoms with E-state index in [-0.39, 0.29) is 12.3 Å². The van der Waals surface area contributed by atoms with E-state index < -0.39 is 17.4 Å². The molecule has 1 saturated heterocycles. The first-order chi connectivity index (χ1) is 7.95. The van der Waals surface area contributed by atoms with Gasteiger partial charge < -0.3 is 10.4 Å². The van der Waals surface area contributed by atoms with Crippen LogP contribution < -0.4 is 5.32 Å². The van der Waals surface area contributed by atoms with Crippen LogP contribution in [0.1, 0.15) is 24.7 Å². The number of amides is 1. The minimum absolute atomic E-state index is 0.115. The highest BCUT2D eigenvalue weighted by Gasteiger charge is 2.50. The molecule has 1 aliphatic rings. The van der Waals surface area contributed by atoms with Crippen LogP contribution in [0.5, 0.6) is 0 Å². The molecule has 0 saturated carbocycles. The average molecular weight is 235 g/mol. The number of carbonyl (C=O) groups excluding carboxylic acids is 1. The van der Waals surface area contributed by atoms with E-state index in [2.05, 4.69) is 15.3 Å². The zero-order valence-corrected chi connectivity index (χ0v) is 9.60. The van der Waals surface area contributed by atoms with Gasteiger partial charge in [-0.2, -0.15) is 0 Å². The van der Waals surface area contributed by atoms with Gasteiger partial charge in [0.1, 0.15) is 6.04 Å². The summed E-state index contributed by atoms with van der Waals surface area (Å²) in [4.78, 5) is 30.9. The van der Waals surface area contributed by atoms with E-state index in [9.17, 15) is 9.59 Å². The fourth-order valence-corrected chi connectivity index (χ4v) is 2.33. The summed E-state index contributed by atoms with van der Waals surface area (Å²) in [5.41, 5.74) is 0.366. The number of hydrogen-bond donors (Lipinski definition) is 2. The van der Waals surface area contributed by atoms with Crippen LogP contribution >= 0.6 is 0 Å². The zero-order valence-electron chi connectivity index (χ0n) is 9.60. The molecule has 2 N–H and O–H groups in total. The van der Waals surface area contributed by atoms with E-state index in [1.54, 1.807) is 20.0 Å². The number of aromatic nitrogens is 2. The lowest BCUT2D eigenvalue weighted by atomic mass is 9.78. The lowest BCUT2D eigenvalue weighted by molar-refractivity contribution is -0.141. The zero-order chi connectivity index (χ0) is 12.6. The quantitative estimate of drug-likeness (QED) is 0.753. The third kappa shape index (κ3) is 1.75. The molecule has 0 bridgehead atoms. The maximum absolute atomic E-state index is 11.4.